The summed E-state index contributed by atoms with van der Waals surface area (Å²) < 4.78 is 11.5. The van der Waals surface area contributed by atoms with E-state index in [0.717, 1.165) is 19.6 Å². The summed E-state index contributed by atoms with van der Waals surface area (Å²) in [4.78, 5) is 0. The third kappa shape index (κ3) is 3.60. The van der Waals surface area contributed by atoms with E-state index in [4.69, 9.17) is 9.47 Å². The Morgan fingerprint density at radius 3 is 3.00 bits per heavy atom. The molecule has 17 heavy (non-hydrogen) atoms. The van der Waals surface area contributed by atoms with Gasteiger partial charge < -0.3 is 14.8 Å². The molecule has 0 radical (unpaired) electrons. The van der Waals surface area contributed by atoms with Crippen LogP contribution in [0.2, 0.25) is 0 Å². The second-order valence-corrected chi connectivity index (χ2v) is 6.97. The lowest BCUT2D eigenvalue weighted by Crippen LogP contribution is -2.50. The molecule has 1 N–H and O–H groups in total. The van der Waals surface area contributed by atoms with Crippen LogP contribution in [0, 0.1) is 0 Å². The van der Waals surface area contributed by atoms with E-state index in [-0.39, 0.29) is 11.2 Å². The molecule has 2 saturated heterocycles. The molecular formula is C13H25NO2S. The van der Waals surface area contributed by atoms with Crippen LogP contribution in [-0.2, 0) is 9.47 Å². The fraction of sp³-hybridized carbons (Fsp3) is 1.00. The van der Waals surface area contributed by atoms with E-state index in [9.17, 15) is 0 Å². The van der Waals surface area contributed by atoms with Gasteiger partial charge in [-0.05, 0) is 38.9 Å². The lowest BCUT2D eigenvalue weighted by molar-refractivity contribution is -0.0733. The molecule has 4 heteroatoms. The largest absolute Gasteiger partial charge is 0.377 e. The predicted molar refractivity (Wildman–Crippen MR) is 72.7 cm³/mol. The molecule has 0 aromatic carbocycles. The normalized spacial score (nSPS) is 34.4. The first-order valence-electron chi connectivity index (χ1n) is 6.56. The van der Waals surface area contributed by atoms with E-state index in [1.165, 1.54) is 24.3 Å². The highest BCUT2D eigenvalue weighted by Crippen LogP contribution is 2.38. The van der Waals surface area contributed by atoms with Crippen molar-refractivity contribution in [2.45, 2.75) is 50.4 Å². The molecule has 0 aromatic heterocycles. The number of hydrogen-bond acceptors (Lipinski definition) is 4. The van der Waals surface area contributed by atoms with Gasteiger partial charge in [-0.2, -0.15) is 11.8 Å². The Morgan fingerprint density at radius 1 is 1.53 bits per heavy atom. The summed E-state index contributed by atoms with van der Waals surface area (Å²) in [5.41, 5.74) is 0.105. The molecule has 2 aliphatic rings. The highest BCUT2D eigenvalue weighted by atomic mass is 32.2. The fourth-order valence-electron chi connectivity index (χ4n) is 2.53. The van der Waals surface area contributed by atoms with Crippen molar-refractivity contribution in [1.82, 2.24) is 5.32 Å². The van der Waals surface area contributed by atoms with Crippen LogP contribution in [-0.4, -0.2) is 49.0 Å². The van der Waals surface area contributed by atoms with E-state index in [2.05, 4.69) is 19.2 Å². The average Bonchev–Trinajstić information content (AvgIpc) is 2.75. The van der Waals surface area contributed by atoms with Crippen molar-refractivity contribution in [2.24, 2.45) is 0 Å². The molecule has 2 aliphatic heterocycles. The molecule has 0 saturated carbocycles. The van der Waals surface area contributed by atoms with Crippen LogP contribution in [0.25, 0.3) is 0 Å². The monoisotopic (exact) mass is 259 g/mol. The highest BCUT2D eigenvalue weighted by molar-refractivity contribution is 7.99. The smallest absolute Gasteiger partial charge is 0.0795 e. The minimum Gasteiger partial charge on any atom is -0.377 e. The minimum atomic E-state index is -0.0735. The lowest BCUT2D eigenvalue weighted by atomic mass is 9.89. The first kappa shape index (κ1) is 13.7. The van der Waals surface area contributed by atoms with Gasteiger partial charge in [0.2, 0.25) is 0 Å². The van der Waals surface area contributed by atoms with Crippen LogP contribution in [0.3, 0.4) is 0 Å². The van der Waals surface area contributed by atoms with E-state index in [1.807, 2.05) is 11.8 Å². The zero-order valence-corrected chi connectivity index (χ0v) is 12.1. The summed E-state index contributed by atoms with van der Waals surface area (Å²) in [5.74, 6) is 2.44. The maximum atomic E-state index is 6.02. The van der Waals surface area contributed by atoms with Crippen molar-refractivity contribution in [1.29, 1.82) is 0 Å². The zero-order valence-electron chi connectivity index (χ0n) is 11.3. The third-order valence-corrected chi connectivity index (χ3v) is 5.15. The van der Waals surface area contributed by atoms with Gasteiger partial charge in [0.15, 0.2) is 0 Å². The van der Waals surface area contributed by atoms with Crippen molar-refractivity contribution >= 4 is 11.8 Å². The number of hydrogen-bond donors (Lipinski definition) is 1. The number of rotatable bonds is 4. The van der Waals surface area contributed by atoms with Crippen LogP contribution in [0.15, 0.2) is 0 Å². The SMILES string of the molecule is COC(C)(C)CNC1CCOC2(CCSC2)C1. The summed E-state index contributed by atoms with van der Waals surface area (Å²) in [6, 6.07) is 0.594. The Bertz CT molecular complexity index is 252. The Kier molecular flexibility index (Phi) is 4.40. The van der Waals surface area contributed by atoms with Crippen molar-refractivity contribution in [2.75, 3.05) is 31.8 Å². The topological polar surface area (TPSA) is 30.5 Å². The van der Waals surface area contributed by atoms with E-state index in [0.29, 0.717) is 6.04 Å². The van der Waals surface area contributed by atoms with Gasteiger partial charge in [-0.1, -0.05) is 0 Å². The first-order chi connectivity index (χ1) is 8.05. The maximum Gasteiger partial charge on any atom is 0.0795 e. The second kappa shape index (κ2) is 5.47. The lowest BCUT2D eigenvalue weighted by Gasteiger charge is -2.39. The fourth-order valence-corrected chi connectivity index (χ4v) is 3.91. The Hall–Kier alpha value is 0.230. The van der Waals surface area contributed by atoms with Crippen molar-refractivity contribution in [3.05, 3.63) is 0 Å². The van der Waals surface area contributed by atoms with Crippen LogP contribution in [0.4, 0.5) is 0 Å². The van der Waals surface area contributed by atoms with Gasteiger partial charge in [0, 0.05) is 32.1 Å². The highest BCUT2D eigenvalue weighted by Gasteiger charge is 2.40. The molecule has 100 valence electrons. The van der Waals surface area contributed by atoms with E-state index in [1.54, 1.807) is 7.11 Å². The molecule has 1 spiro atoms. The molecule has 2 rings (SSSR count). The molecule has 3 nitrogen and oxygen atoms in total. The standard InChI is InChI=1S/C13H25NO2S/c1-12(2,15-3)9-14-11-4-6-16-13(8-11)5-7-17-10-13/h11,14H,4-10H2,1-3H3. The summed E-state index contributed by atoms with van der Waals surface area (Å²) in [6.45, 7) is 6.07. The molecule has 2 atom stereocenters. The summed E-state index contributed by atoms with van der Waals surface area (Å²) in [5, 5.41) is 3.65. The Morgan fingerprint density at radius 2 is 2.35 bits per heavy atom. The predicted octanol–water partition coefficient (Wildman–Crippen LogP) is 2.06. The molecule has 0 amide bonds. The number of thioether (sulfide) groups is 1. The summed E-state index contributed by atoms with van der Waals surface area (Å²) >= 11 is 2.03. The number of methoxy groups -OCH3 is 1. The van der Waals surface area contributed by atoms with E-state index < -0.39 is 0 Å². The van der Waals surface area contributed by atoms with Crippen LogP contribution < -0.4 is 5.32 Å². The molecule has 2 fully saturated rings. The van der Waals surface area contributed by atoms with Gasteiger partial charge >= 0.3 is 0 Å². The first-order valence-corrected chi connectivity index (χ1v) is 7.71. The Balaban J connectivity index is 1.81. The zero-order chi connectivity index (χ0) is 12.4. The number of ether oxygens (including phenoxy) is 2. The average molecular weight is 259 g/mol. The van der Waals surface area contributed by atoms with Crippen LogP contribution >= 0.6 is 11.8 Å². The van der Waals surface area contributed by atoms with Gasteiger partial charge in [-0.25, -0.2) is 0 Å². The quantitative estimate of drug-likeness (QED) is 0.837. The molecule has 2 unspecified atom stereocenters. The third-order valence-electron chi connectivity index (χ3n) is 3.93. The van der Waals surface area contributed by atoms with Gasteiger partial charge in [-0.15, -0.1) is 0 Å². The number of nitrogens with one attached hydrogen (secondary N) is 1. The van der Waals surface area contributed by atoms with Gasteiger partial charge in [0.1, 0.15) is 0 Å². The van der Waals surface area contributed by atoms with E-state index >= 15 is 0 Å². The van der Waals surface area contributed by atoms with Crippen LogP contribution in [0.5, 0.6) is 0 Å². The molecule has 2 heterocycles. The molecule has 0 aliphatic carbocycles. The minimum absolute atomic E-state index is 0.0735. The Labute approximate surface area is 109 Å². The molecule has 0 aromatic rings. The maximum absolute atomic E-state index is 6.02. The van der Waals surface area contributed by atoms with Gasteiger partial charge in [0.25, 0.3) is 0 Å². The second-order valence-electron chi connectivity index (χ2n) is 5.87. The van der Waals surface area contributed by atoms with Crippen molar-refractivity contribution in [3.8, 4) is 0 Å². The van der Waals surface area contributed by atoms with Crippen LogP contribution in [0.1, 0.15) is 33.1 Å². The molecular weight excluding hydrogens is 234 g/mol. The molecule has 0 bridgehead atoms. The van der Waals surface area contributed by atoms with Gasteiger partial charge in [-0.3, -0.25) is 0 Å². The summed E-state index contributed by atoms with van der Waals surface area (Å²) in [6.07, 6.45) is 3.52. The van der Waals surface area contributed by atoms with Crippen molar-refractivity contribution < 1.29 is 9.47 Å². The summed E-state index contributed by atoms with van der Waals surface area (Å²) in [7, 11) is 1.78. The van der Waals surface area contributed by atoms with Gasteiger partial charge in [0.05, 0.1) is 11.2 Å². The van der Waals surface area contributed by atoms with Crippen molar-refractivity contribution in [3.63, 3.8) is 0 Å².